The number of ether oxygens (including phenoxy) is 1. The van der Waals surface area contributed by atoms with Gasteiger partial charge in [0.25, 0.3) is 0 Å². The third-order valence-corrected chi connectivity index (χ3v) is 3.62. The van der Waals surface area contributed by atoms with Gasteiger partial charge in [0.15, 0.2) is 0 Å². The maximum absolute atomic E-state index is 13.2. The Labute approximate surface area is 126 Å². The lowest BCUT2D eigenvalue weighted by Gasteiger charge is -2.15. The van der Waals surface area contributed by atoms with Crippen LogP contribution in [0, 0.1) is 5.82 Å². The molecule has 0 aliphatic heterocycles. The van der Waals surface area contributed by atoms with Gasteiger partial charge in [-0.25, -0.2) is 4.39 Å². The highest BCUT2D eigenvalue weighted by atomic mass is 79.9. The average molecular weight is 339 g/mol. The van der Waals surface area contributed by atoms with E-state index in [4.69, 9.17) is 4.74 Å². The van der Waals surface area contributed by atoms with Gasteiger partial charge in [-0.15, -0.1) is 0 Å². The minimum atomic E-state index is -0.283. The maximum atomic E-state index is 13.2. The predicted molar refractivity (Wildman–Crippen MR) is 80.5 cm³/mol. The first-order valence-corrected chi connectivity index (χ1v) is 7.23. The Hall–Kier alpha value is -1.39. The van der Waals surface area contributed by atoms with Crippen molar-refractivity contribution in [2.24, 2.45) is 0 Å². The summed E-state index contributed by atoms with van der Waals surface area (Å²) in [5, 5.41) is 9.42. The van der Waals surface area contributed by atoms with E-state index in [1.807, 2.05) is 30.3 Å². The van der Waals surface area contributed by atoms with E-state index in [9.17, 15) is 9.50 Å². The van der Waals surface area contributed by atoms with Crippen LogP contribution in [-0.4, -0.2) is 18.3 Å². The van der Waals surface area contributed by atoms with E-state index < -0.39 is 0 Å². The van der Waals surface area contributed by atoms with Crippen LogP contribution < -0.4 is 4.74 Å². The molecule has 2 aromatic rings. The van der Waals surface area contributed by atoms with Crippen LogP contribution in [0.25, 0.3) is 0 Å². The van der Waals surface area contributed by atoms with Crippen molar-refractivity contribution in [2.75, 3.05) is 13.2 Å². The van der Waals surface area contributed by atoms with Crippen molar-refractivity contribution in [3.05, 3.63) is 64.4 Å². The van der Waals surface area contributed by atoms with Crippen molar-refractivity contribution in [1.82, 2.24) is 0 Å². The molecule has 0 saturated heterocycles. The zero-order valence-corrected chi connectivity index (χ0v) is 12.5. The van der Waals surface area contributed by atoms with Crippen LogP contribution in [0.4, 0.5) is 4.39 Å². The van der Waals surface area contributed by atoms with E-state index in [-0.39, 0.29) is 18.3 Å². The van der Waals surface area contributed by atoms with Crippen molar-refractivity contribution in [1.29, 1.82) is 0 Å². The van der Waals surface area contributed by atoms with Gasteiger partial charge in [-0.05, 0) is 48.4 Å². The van der Waals surface area contributed by atoms with Gasteiger partial charge in [0, 0.05) is 10.4 Å². The molecule has 2 aromatic carbocycles. The SMILES string of the molecule is OCC(CCOc1ccc(Br)cc1)c1cccc(F)c1. The van der Waals surface area contributed by atoms with Gasteiger partial charge >= 0.3 is 0 Å². The van der Waals surface area contributed by atoms with Crippen LogP contribution in [0.5, 0.6) is 5.75 Å². The molecule has 0 spiro atoms. The van der Waals surface area contributed by atoms with Gasteiger partial charge in [0.2, 0.25) is 0 Å². The van der Waals surface area contributed by atoms with Crippen LogP contribution in [0.2, 0.25) is 0 Å². The van der Waals surface area contributed by atoms with E-state index >= 15 is 0 Å². The first-order chi connectivity index (χ1) is 9.69. The first kappa shape index (κ1) is 15.0. The summed E-state index contributed by atoms with van der Waals surface area (Å²) in [6.07, 6.45) is 0.635. The Morgan fingerprint density at radius 2 is 1.90 bits per heavy atom. The molecule has 4 heteroatoms. The maximum Gasteiger partial charge on any atom is 0.123 e. The van der Waals surface area contributed by atoms with Crippen molar-refractivity contribution in [3.8, 4) is 5.75 Å². The molecule has 0 aliphatic carbocycles. The molecule has 106 valence electrons. The Morgan fingerprint density at radius 1 is 1.15 bits per heavy atom. The van der Waals surface area contributed by atoms with E-state index in [0.717, 1.165) is 15.8 Å². The number of aliphatic hydroxyl groups is 1. The fourth-order valence-electron chi connectivity index (χ4n) is 1.97. The smallest absolute Gasteiger partial charge is 0.123 e. The summed E-state index contributed by atoms with van der Waals surface area (Å²) in [5.41, 5.74) is 0.798. The molecular weight excluding hydrogens is 323 g/mol. The Kier molecular flexibility index (Phi) is 5.56. The molecule has 1 atom stereocenters. The number of rotatable bonds is 6. The third kappa shape index (κ3) is 4.32. The second-order valence-corrected chi connectivity index (χ2v) is 5.44. The summed E-state index contributed by atoms with van der Waals surface area (Å²) in [6, 6.07) is 13.9. The lowest BCUT2D eigenvalue weighted by molar-refractivity contribution is 0.229. The van der Waals surface area contributed by atoms with Gasteiger partial charge in [0.1, 0.15) is 11.6 Å². The number of benzene rings is 2. The van der Waals surface area contributed by atoms with E-state index in [0.29, 0.717) is 13.0 Å². The second-order valence-electron chi connectivity index (χ2n) is 4.53. The van der Waals surface area contributed by atoms with Crippen molar-refractivity contribution in [2.45, 2.75) is 12.3 Å². The van der Waals surface area contributed by atoms with Crippen LogP contribution in [0.3, 0.4) is 0 Å². The molecule has 20 heavy (non-hydrogen) atoms. The third-order valence-electron chi connectivity index (χ3n) is 3.09. The summed E-state index contributed by atoms with van der Waals surface area (Å²) in [7, 11) is 0. The topological polar surface area (TPSA) is 29.5 Å². The summed E-state index contributed by atoms with van der Waals surface area (Å²) >= 11 is 3.36. The largest absolute Gasteiger partial charge is 0.494 e. The quantitative estimate of drug-likeness (QED) is 0.857. The number of hydrogen-bond acceptors (Lipinski definition) is 2. The Morgan fingerprint density at radius 3 is 2.55 bits per heavy atom. The van der Waals surface area contributed by atoms with E-state index in [1.165, 1.54) is 12.1 Å². The summed E-state index contributed by atoms with van der Waals surface area (Å²) < 4.78 is 19.8. The molecule has 0 heterocycles. The summed E-state index contributed by atoms with van der Waals surface area (Å²) in [6.45, 7) is 0.455. The van der Waals surface area contributed by atoms with Gasteiger partial charge in [-0.3, -0.25) is 0 Å². The zero-order valence-electron chi connectivity index (χ0n) is 10.9. The lowest BCUT2D eigenvalue weighted by Crippen LogP contribution is -2.10. The van der Waals surface area contributed by atoms with E-state index in [2.05, 4.69) is 15.9 Å². The van der Waals surface area contributed by atoms with Crippen LogP contribution in [-0.2, 0) is 0 Å². The standard InChI is InChI=1S/C16H16BrFO2/c17-14-4-6-16(7-5-14)20-9-8-13(11-19)12-2-1-3-15(18)10-12/h1-7,10,13,19H,8-9,11H2. The van der Waals surface area contributed by atoms with Gasteiger partial charge in [-0.1, -0.05) is 28.1 Å². The molecule has 2 rings (SSSR count). The molecule has 1 N–H and O–H groups in total. The van der Waals surface area contributed by atoms with Crippen molar-refractivity contribution < 1.29 is 14.2 Å². The molecule has 0 radical (unpaired) electrons. The molecule has 0 bridgehead atoms. The van der Waals surface area contributed by atoms with Gasteiger partial charge in [0.05, 0.1) is 13.2 Å². The highest BCUT2D eigenvalue weighted by Gasteiger charge is 2.11. The van der Waals surface area contributed by atoms with Gasteiger partial charge < -0.3 is 9.84 Å². The number of aliphatic hydroxyl groups excluding tert-OH is 1. The predicted octanol–water partition coefficient (Wildman–Crippen LogP) is 4.13. The fourth-order valence-corrected chi connectivity index (χ4v) is 2.24. The van der Waals surface area contributed by atoms with Crippen LogP contribution >= 0.6 is 15.9 Å². The average Bonchev–Trinajstić information content (AvgIpc) is 2.45. The minimum absolute atomic E-state index is 0.0207. The molecule has 1 unspecified atom stereocenters. The second kappa shape index (κ2) is 7.41. The highest BCUT2D eigenvalue weighted by Crippen LogP contribution is 2.21. The summed E-state index contributed by atoms with van der Waals surface area (Å²) in [4.78, 5) is 0. The highest BCUT2D eigenvalue weighted by molar-refractivity contribution is 9.10. The monoisotopic (exact) mass is 338 g/mol. The molecule has 2 nitrogen and oxygen atoms in total. The Balaban J connectivity index is 1.89. The number of halogens is 2. The zero-order chi connectivity index (χ0) is 14.4. The van der Waals surface area contributed by atoms with E-state index in [1.54, 1.807) is 6.07 Å². The van der Waals surface area contributed by atoms with Crippen molar-refractivity contribution >= 4 is 15.9 Å². The Bertz CT molecular complexity index is 542. The molecule has 0 aliphatic rings. The summed E-state index contributed by atoms with van der Waals surface area (Å²) in [5.74, 6) is 0.389. The van der Waals surface area contributed by atoms with Crippen molar-refractivity contribution in [3.63, 3.8) is 0 Å². The van der Waals surface area contributed by atoms with Crippen LogP contribution in [0.1, 0.15) is 17.9 Å². The molecular formula is C16H16BrFO2. The minimum Gasteiger partial charge on any atom is -0.494 e. The first-order valence-electron chi connectivity index (χ1n) is 6.43. The molecule has 0 amide bonds. The fraction of sp³-hybridized carbons (Fsp3) is 0.250. The molecule has 0 fully saturated rings. The van der Waals surface area contributed by atoms with Crippen LogP contribution in [0.15, 0.2) is 53.0 Å². The lowest BCUT2D eigenvalue weighted by atomic mass is 9.97. The van der Waals surface area contributed by atoms with Gasteiger partial charge in [-0.2, -0.15) is 0 Å². The molecule has 0 saturated carbocycles. The number of hydrogen-bond donors (Lipinski definition) is 1. The normalized spacial score (nSPS) is 12.2. The molecule has 0 aromatic heterocycles.